The summed E-state index contributed by atoms with van der Waals surface area (Å²) in [4.78, 5) is 23.0. The molecule has 1 fully saturated rings. The zero-order valence-electron chi connectivity index (χ0n) is 31.1. The lowest BCUT2D eigenvalue weighted by Gasteiger charge is -2.34. The highest BCUT2D eigenvalue weighted by Crippen LogP contribution is 2.39. The molecule has 0 aliphatic carbocycles. The Kier molecular flexibility index (Phi) is 13.3. The van der Waals surface area contributed by atoms with E-state index in [4.69, 9.17) is 33.4 Å². The van der Waals surface area contributed by atoms with Gasteiger partial charge in [-0.15, -0.1) is 0 Å². The average molecular weight is 704 g/mol. The van der Waals surface area contributed by atoms with Crippen molar-refractivity contribution >= 4 is 22.9 Å². The second-order valence-electron chi connectivity index (χ2n) is 12.7. The first kappa shape index (κ1) is 37.6. The lowest BCUT2D eigenvalue weighted by atomic mass is 9.93. The number of ether oxygens (including phenoxy) is 6. The van der Waals surface area contributed by atoms with E-state index in [2.05, 4.69) is 39.0 Å². The summed E-state index contributed by atoms with van der Waals surface area (Å²) in [5.74, 6) is 3.46. The monoisotopic (exact) mass is 703 g/mol. The lowest BCUT2D eigenvalue weighted by Crippen LogP contribution is -2.40. The van der Waals surface area contributed by atoms with Crippen molar-refractivity contribution in [2.75, 3.05) is 87.3 Å². The molecule has 0 bridgehead atoms. The molecule has 1 aromatic heterocycles. The standard InChI is InChI=1S/C39H53N5O7/c1-8-51-22-21-44-32-12-10-9-11-31(32)41-39(44)40-30-16-19-43(20-17-30)18-15-28(27-13-14-33(46-3)34(23-27)47-4)26-42(2)38(45)29-24-35(48-5)37(50-7)36(25-29)49-6/h9-14,23-25,28,30H,8,15-22,26H2,1-7H3,(H,40,41). The van der Waals surface area contributed by atoms with Crippen molar-refractivity contribution < 1.29 is 33.2 Å². The Morgan fingerprint density at radius 3 is 2.22 bits per heavy atom. The minimum absolute atomic E-state index is 0.0434. The van der Waals surface area contributed by atoms with Crippen molar-refractivity contribution in [3.05, 3.63) is 65.7 Å². The number of piperidine rings is 1. The van der Waals surface area contributed by atoms with E-state index >= 15 is 0 Å². The predicted octanol–water partition coefficient (Wildman–Crippen LogP) is 5.94. The number of benzene rings is 3. The molecule has 1 aliphatic rings. The third-order valence-corrected chi connectivity index (χ3v) is 9.66. The van der Waals surface area contributed by atoms with Crippen LogP contribution in [0.2, 0.25) is 0 Å². The Balaban J connectivity index is 1.26. The number of nitrogens with zero attached hydrogens (tertiary/aromatic N) is 4. The van der Waals surface area contributed by atoms with E-state index in [0.29, 0.717) is 60.1 Å². The van der Waals surface area contributed by atoms with Crippen LogP contribution in [0.3, 0.4) is 0 Å². The van der Waals surface area contributed by atoms with Gasteiger partial charge in [0.1, 0.15) is 0 Å². The van der Waals surface area contributed by atoms with Crippen LogP contribution in [0.5, 0.6) is 28.7 Å². The summed E-state index contributed by atoms with van der Waals surface area (Å²) in [6.07, 6.45) is 2.87. The first-order chi connectivity index (χ1) is 24.8. The highest BCUT2D eigenvalue weighted by molar-refractivity contribution is 5.95. The number of carbonyl (C=O) groups excluding carboxylic acids is 1. The molecule has 1 atom stereocenters. The molecule has 4 aromatic rings. The molecule has 0 spiro atoms. The van der Waals surface area contributed by atoms with E-state index in [1.54, 1.807) is 52.6 Å². The molecule has 12 heteroatoms. The number of aromatic nitrogens is 2. The Morgan fingerprint density at radius 2 is 1.57 bits per heavy atom. The molecule has 51 heavy (non-hydrogen) atoms. The van der Waals surface area contributed by atoms with Crippen molar-refractivity contribution in [1.29, 1.82) is 0 Å². The van der Waals surface area contributed by atoms with Gasteiger partial charge in [0, 0.05) is 57.4 Å². The SMILES string of the molecule is CCOCCn1c(NC2CCN(CCC(CN(C)C(=O)c3cc(OC)c(OC)c(OC)c3)c3ccc(OC)c(OC)c3)CC2)nc2ccccc21. The molecule has 276 valence electrons. The zero-order chi connectivity index (χ0) is 36.3. The number of likely N-dealkylation sites (N-methyl/N-ethyl adjacent to an activating group) is 1. The van der Waals surface area contributed by atoms with Crippen LogP contribution in [0.15, 0.2) is 54.6 Å². The minimum atomic E-state index is -0.140. The number of hydrogen-bond acceptors (Lipinski definition) is 10. The van der Waals surface area contributed by atoms with Gasteiger partial charge in [-0.25, -0.2) is 4.98 Å². The third-order valence-electron chi connectivity index (χ3n) is 9.66. The molecule has 0 radical (unpaired) electrons. The van der Waals surface area contributed by atoms with Crippen LogP contribution in [0, 0.1) is 0 Å². The summed E-state index contributed by atoms with van der Waals surface area (Å²) in [5, 5.41) is 3.75. The van der Waals surface area contributed by atoms with Gasteiger partial charge in [0.05, 0.1) is 53.2 Å². The van der Waals surface area contributed by atoms with Crippen LogP contribution < -0.4 is 29.0 Å². The van der Waals surface area contributed by atoms with Crippen molar-refractivity contribution in [3.63, 3.8) is 0 Å². The van der Waals surface area contributed by atoms with Crippen LogP contribution in [0.25, 0.3) is 11.0 Å². The fourth-order valence-corrected chi connectivity index (χ4v) is 6.84. The molecule has 3 aromatic carbocycles. The summed E-state index contributed by atoms with van der Waals surface area (Å²) in [6, 6.07) is 18.0. The first-order valence-corrected chi connectivity index (χ1v) is 17.6. The largest absolute Gasteiger partial charge is 0.493 e. The summed E-state index contributed by atoms with van der Waals surface area (Å²) >= 11 is 0. The fourth-order valence-electron chi connectivity index (χ4n) is 6.84. The van der Waals surface area contributed by atoms with Gasteiger partial charge >= 0.3 is 0 Å². The molecule has 1 amide bonds. The molecule has 1 aliphatic heterocycles. The number of amides is 1. The van der Waals surface area contributed by atoms with Gasteiger partial charge in [-0.1, -0.05) is 18.2 Å². The van der Waals surface area contributed by atoms with Crippen LogP contribution in [-0.2, 0) is 11.3 Å². The van der Waals surface area contributed by atoms with Crippen LogP contribution in [0.1, 0.15) is 48.0 Å². The molecule has 5 rings (SSSR count). The van der Waals surface area contributed by atoms with Crippen molar-refractivity contribution in [3.8, 4) is 28.7 Å². The maximum Gasteiger partial charge on any atom is 0.253 e. The minimum Gasteiger partial charge on any atom is -0.493 e. The number of likely N-dealkylation sites (tertiary alicyclic amines) is 1. The molecule has 1 N–H and O–H groups in total. The quantitative estimate of drug-likeness (QED) is 0.125. The van der Waals surface area contributed by atoms with Crippen LogP contribution >= 0.6 is 0 Å². The maximum atomic E-state index is 13.8. The first-order valence-electron chi connectivity index (χ1n) is 17.6. The average Bonchev–Trinajstić information content (AvgIpc) is 3.52. The van der Waals surface area contributed by atoms with Crippen molar-refractivity contribution in [2.24, 2.45) is 0 Å². The maximum absolute atomic E-state index is 13.8. The van der Waals surface area contributed by atoms with E-state index < -0.39 is 0 Å². The molecule has 2 heterocycles. The Morgan fingerprint density at radius 1 is 0.882 bits per heavy atom. The highest BCUT2D eigenvalue weighted by Gasteiger charge is 2.26. The molecular weight excluding hydrogens is 650 g/mol. The Bertz CT molecular complexity index is 1710. The lowest BCUT2D eigenvalue weighted by molar-refractivity contribution is 0.0781. The number of para-hydroxylation sites is 2. The second-order valence-corrected chi connectivity index (χ2v) is 12.7. The van der Waals surface area contributed by atoms with Gasteiger partial charge < -0.3 is 48.1 Å². The smallest absolute Gasteiger partial charge is 0.253 e. The highest BCUT2D eigenvalue weighted by atomic mass is 16.5. The van der Waals surface area contributed by atoms with Crippen molar-refractivity contribution in [1.82, 2.24) is 19.4 Å². The number of carbonyl (C=O) groups is 1. The molecule has 1 unspecified atom stereocenters. The van der Waals surface area contributed by atoms with Crippen LogP contribution in [0.4, 0.5) is 5.95 Å². The van der Waals surface area contributed by atoms with E-state index in [0.717, 1.165) is 68.0 Å². The molecular formula is C39H53N5O7. The zero-order valence-corrected chi connectivity index (χ0v) is 31.1. The predicted molar refractivity (Wildman–Crippen MR) is 199 cm³/mol. The van der Waals surface area contributed by atoms with E-state index in [9.17, 15) is 4.79 Å². The van der Waals surface area contributed by atoms with Gasteiger partial charge in [0.25, 0.3) is 5.91 Å². The van der Waals surface area contributed by atoms with Gasteiger partial charge in [-0.3, -0.25) is 4.79 Å². The number of imidazole rings is 1. The number of nitrogens with one attached hydrogen (secondary N) is 1. The third kappa shape index (κ3) is 8.98. The number of fused-ring (bicyclic) bond motifs is 1. The van der Waals surface area contributed by atoms with Gasteiger partial charge in [0.2, 0.25) is 11.7 Å². The molecule has 1 saturated heterocycles. The summed E-state index contributed by atoms with van der Waals surface area (Å²) in [7, 11) is 9.74. The van der Waals surface area contributed by atoms with Gasteiger partial charge in [0.15, 0.2) is 23.0 Å². The topological polar surface area (TPSA) is 109 Å². The molecule has 0 saturated carbocycles. The number of methoxy groups -OCH3 is 5. The number of rotatable bonds is 18. The van der Waals surface area contributed by atoms with E-state index in [1.165, 1.54) is 0 Å². The second kappa shape index (κ2) is 18.0. The van der Waals surface area contributed by atoms with E-state index in [1.807, 2.05) is 32.2 Å². The van der Waals surface area contributed by atoms with Crippen molar-refractivity contribution in [2.45, 2.75) is 44.7 Å². The van der Waals surface area contributed by atoms with Crippen LogP contribution in [-0.4, -0.2) is 113 Å². The normalized spacial score (nSPS) is 14.3. The number of hydrogen-bond donors (Lipinski definition) is 1. The summed E-state index contributed by atoms with van der Waals surface area (Å²) in [5.41, 5.74) is 3.65. The fraction of sp³-hybridized carbons (Fsp3) is 0.487. The number of anilines is 1. The van der Waals surface area contributed by atoms with Gasteiger partial charge in [-0.2, -0.15) is 0 Å². The van der Waals surface area contributed by atoms with E-state index in [-0.39, 0.29) is 11.8 Å². The van der Waals surface area contributed by atoms with Gasteiger partial charge in [-0.05, 0) is 74.7 Å². The Labute approximate surface area is 301 Å². The Hall–Kier alpha value is -4.68. The molecule has 12 nitrogen and oxygen atoms in total. The summed E-state index contributed by atoms with van der Waals surface area (Å²) < 4.78 is 35.6. The summed E-state index contributed by atoms with van der Waals surface area (Å²) in [6.45, 7) is 7.44.